The highest BCUT2D eigenvalue weighted by molar-refractivity contribution is 6.30. The number of aromatic amines is 1. The molecule has 3 nitrogen and oxygen atoms in total. The number of hydrogen-bond donors (Lipinski definition) is 2. The van der Waals surface area contributed by atoms with Gasteiger partial charge in [-0.25, -0.2) is 4.98 Å². The fourth-order valence-electron chi connectivity index (χ4n) is 1.96. The third kappa shape index (κ3) is 1.85. The van der Waals surface area contributed by atoms with Crippen molar-refractivity contribution in [3.63, 3.8) is 0 Å². The van der Waals surface area contributed by atoms with E-state index >= 15 is 0 Å². The van der Waals surface area contributed by atoms with Crippen LogP contribution in [0.5, 0.6) is 0 Å². The molecular formula is C13H14ClN3. The molecule has 1 aliphatic carbocycles. The van der Waals surface area contributed by atoms with E-state index in [9.17, 15) is 0 Å². The second-order valence-electron chi connectivity index (χ2n) is 4.72. The molecular weight excluding hydrogens is 234 g/mol. The zero-order valence-corrected chi connectivity index (χ0v) is 10.4. The molecule has 0 radical (unpaired) electrons. The number of rotatable bonds is 2. The average Bonchev–Trinajstić information content (AvgIpc) is 2.93. The highest BCUT2D eigenvalue weighted by Gasteiger charge is 2.43. The van der Waals surface area contributed by atoms with Crippen molar-refractivity contribution in [1.82, 2.24) is 9.97 Å². The molecule has 17 heavy (non-hydrogen) atoms. The Hall–Kier alpha value is -1.32. The van der Waals surface area contributed by atoms with Gasteiger partial charge < -0.3 is 10.7 Å². The van der Waals surface area contributed by atoms with Gasteiger partial charge in [-0.15, -0.1) is 0 Å². The van der Waals surface area contributed by atoms with Crippen molar-refractivity contribution in [2.75, 3.05) is 0 Å². The molecule has 0 bridgehead atoms. The maximum Gasteiger partial charge on any atom is 0.127 e. The van der Waals surface area contributed by atoms with Crippen LogP contribution >= 0.6 is 11.6 Å². The van der Waals surface area contributed by atoms with E-state index in [-0.39, 0.29) is 5.54 Å². The number of nitrogens with zero attached hydrogens (tertiary/aromatic N) is 1. The number of imidazole rings is 1. The molecule has 0 unspecified atom stereocenters. The summed E-state index contributed by atoms with van der Waals surface area (Å²) in [7, 11) is 0. The van der Waals surface area contributed by atoms with Gasteiger partial charge in [0.05, 0.1) is 11.2 Å². The van der Waals surface area contributed by atoms with Crippen LogP contribution in [0, 0.1) is 6.92 Å². The van der Waals surface area contributed by atoms with Crippen LogP contribution in [0.2, 0.25) is 5.02 Å². The predicted molar refractivity (Wildman–Crippen MR) is 68.9 cm³/mol. The van der Waals surface area contributed by atoms with E-state index in [0.717, 1.165) is 40.6 Å². The Morgan fingerprint density at radius 2 is 1.94 bits per heavy atom. The first-order chi connectivity index (χ1) is 8.08. The van der Waals surface area contributed by atoms with Crippen LogP contribution in [-0.4, -0.2) is 9.97 Å². The number of nitrogens with two attached hydrogens (primary N) is 1. The van der Waals surface area contributed by atoms with Crippen LogP contribution < -0.4 is 5.73 Å². The summed E-state index contributed by atoms with van der Waals surface area (Å²) in [6, 6.07) is 7.71. The summed E-state index contributed by atoms with van der Waals surface area (Å²) < 4.78 is 0. The molecule has 3 N–H and O–H groups in total. The van der Waals surface area contributed by atoms with Gasteiger partial charge in [0.15, 0.2) is 0 Å². The van der Waals surface area contributed by atoms with Gasteiger partial charge in [0, 0.05) is 16.3 Å². The number of H-pyrrole nitrogens is 1. The fourth-order valence-corrected chi connectivity index (χ4v) is 2.08. The fraction of sp³-hybridized carbons (Fsp3) is 0.308. The van der Waals surface area contributed by atoms with Crippen LogP contribution in [0.1, 0.15) is 24.4 Å². The summed E-state index contributed by atoms with van der Waals surface area (Å²) in [5, 5.41) is 0.736. The molecule has 0 spiro atoms. The van der Waals surface area contributed by atoms with E-state index in [0.29, 0.717) is 0 Å². The van der Waals surface area contributed by atoms with Gasteiger partial charge in [-0.3, -0.25) is 0 Å². The Labute approximate surface area is 105 Å². The van der Waals surface area contributed by atoms with Crippen molar-refractivity contribution in [1.29, 1.82) is 0 Å². The molecule has 0 amide bonds. The molecule has 1 aromatic carbocycles. The van der Waals surface area contributed by atoms with Gasteiger partial charge in [0.1, 0.15) is 5.82 Å². The van der Waals surface area contributed by atoms with E-state index in [1.807, 2.05) is 31.2 Å². The van der Waals surface area contributed by atoms with Crippen LogP contribution in [0.25, 0.3) is 11.3 Å². The highest BCUT2D eigenvalue weighted by Crippen LogP contribution is 2.42. The van der Waals surface area contributed by atoms with Crippen LogP contribution in [-0.2, 0) is 5.54 Å². The van der Waals surface area contributed by atoms with Crippen LogP contribution in [0.3, 0.4) is 0 Å². The van der Waals surface area contributed by atoms with Crippen LogP contribution in [0.4, 0.5) is 0 Å². The van der Waals surface area contributed by atoms with Crippen molar-refractivity contribution in [3.05, 3.63) is 40.8 Å². The molecule has 1 heterocycles. The second kappa shape index (κ2) is 3.59. The smallest absolute Gasteiger partial charge is 0.127 e. The quantitative estimate of drug-likeness (QED) is 0.857. The van der Waals surface area contributed by atoms with E-state index in [1.54, 1.807) is 0 Å². The Kier molecular flexibility index (Phi) is 2.28. The Balaban J connectivity index is 2.03. The molecule has 0 atom stereocenters. The SMILES string of the molecule is Cc1[nH]c(C2(N)CC2)nc1-c1ccc(Cl)cc1. The average molecular weight is 248 g/mol. The standard InChI is InChI=1S/C13H14ClN3/c1-8-11(9-2-4-10(14)5-3-9)17-12(16-8)13(15)6-7-13/h2-5H,6-7,15H2,1H3,(H,16,17). The molecule has 1 saturated carbocycles. The van der Waals surface area contributed by atoms with Gasteiger partial charge in [-0.2, -0.15) is 0 Å². The van der Waals surface area contributed by atoms with Crippen molar-refractivity contribution in [2.24, 2.45) is 5.73 Å². The summed E-state index contributed by atoms with van der Waals surface area (Å²) in [4.78, 5) is 7.91. The van der Waals surface area contributed by atoms with Gasteiger partial charge in [-0.05, 0) is 31.9 Å². The second-order valence-corrected chi connectivity index (χ2v) is 5.16. The predicted octanol–water partition coefficient (Wildman–Crippen LogP) is 2.99. The molecule has 3 rings (SSSR count). The lowest BCUT2D eigenvalue weighted by Gasteiger charge is -2.02. The summed E-state index contributed by atoms with van der Waals surface area (Å²) in [6.07, 6.45) is 2.03. The lowest BCUT2D eigenvalue weighted by molar-refractivity contribution is 0.684. The Morgan fingerprint density at radius 3 is 2.53 bits per heavy atom. The largest absolute Gasteiger partial charge is 0.344 e. The van der Waals surface area contributed by atoms with Gasteiger partial charge in [0.2, 0.25) is 0 Å². The van der Waals surface area contributed by atoms with Crippen LogP contribution in [0.15, 0.2) is 24.3 Å². The molecule has 1 aromatic heterocycles. The van der Waals surface area contributed by atoms with Crippen molar-refractivity contribution in [2.45, 2.75) is 25.3 Å². The first kappa shape index (κ1) is 10.8. The Morgan fingerprint density at radius 1 is 1.29 bits per heavy atom. The number of aryl methyl sites for hydroxylation is 1. The molecule has 1 fully saturated rings. The lowest BCUT2D eigenvalue weighted by Crippen LogP contribution is -2.20. The molecule has 4 heteroatoms. The Bertz CT molecular complexity index is 553. The van der Waals surface area contributed by atoms with Crippen molar-refractivity contribution < 1.29 is 0 Å². The number of hydrogen-bond acceptors (Lipinski definition) is 2. The third-order valence-electron chi connectivity index (χ3n) is 3.26. The van der Waals surface area contributed by atoms with E-state index in [2.05, 4.69) is 9.97 Å². The first-order valence-electron chi connectivity index (χ1n) is 5.70. The van der Waals surface area contributed by atoms with E-state index in [1.165, 1.54) is 0 Å². The number of aromatic nitrogens is 2. The number of halogens is 1. The minimum Gasteiger partial charge on any atom is -0.344 e. The lowest BCUT2D eigenvalue weighted by atomic mass is 10.1. The topological polar surface area (TPSA) is 54.7 Å². The van der Waals surface area contributed by atoms with Gasteiger partial charge >= 0.3 is 0 Å². The monoisotopic (exact) mass is 247 g/mol. The minimum absolute atomic E-state index is 0.213. The molecule has 0 aliphatic heterocycles. The molecule has 2 aromatic rings. The molecule has 88 valence electrons. The van der Waals surface area contributed by atoms with Crippen molar-refractivity contribution in [3.8, 4) is 11.3 Å². The normalized spacial score (nSPS) is 17.1. The summed E-state index contributed by atoms with van der Waals surface area (Å²) in [5.74, 6) is 0.903. The minimum atomic E-state index is -0.213. The zero-order chi connectivity index (χ0) is 12.0. The number of benzene rings is 1. The maximum absolute atomic E-state index is 6.14. The maximum atomic E-state index is 6.14. The number of nitrogens with one attached hydrogen (secondary N) is 1. The third-order valence-corrected chi connectivity index (χ3v) is 3.51. The zero-order valence-electron chi connectivity index (χ0n) is 9.63. The summed E-state index contributed by atoms with van der Waals surface area (Å²) in [6.45, 7) is 2.02. The van der Waals surface area contributed by atoms with Gasteiger partial charge in [-0.1, -0.05) is 23.7 Å². The highest BCUT2D eigenvalue weighted by atomic mass is 35.5. The molecule has 1 aliphatic rings. The van der Waals surface area contributed by atoms with Crippen molar-refractivity contribution >= 4 is 11.6 Å². The van der Waals surface area contributed by atoms with E-state index < -0.39 is 0 Å². The summed E-state index contributed by atoms with van der Waals surface area (Å²) in [5.41, 5.74) is 9.01. The van der Waals surface area contributed by atoms with E-state index in [4.69, 9.17) is 17.3 Å². The molecule has 0 saturated heterocycles. The van der Waals surface area contributed by atoms with Gasteiger partial charge in [0.25, 0.3) is 0 Å². The summed E-state index contributed by atoms with van der Waals surface area (Å²) >= 11 is 5.88. The first-order valence-corrected chi connectivity index (χ1v) is 6.08.